The number of rotatable bonds is 4. The maximum atomic E-state index is 11.9. The van der Waals surface area contributed by atoms with Gasteiger partial charge in [-0.2, -0.15) is 0 Å². The molecule has 94 valence electrons. The maximum Gasteiger partial charge on any atom is 0.573 e. The Balaban J connectivity index is 2.71. The smallest absolute Gasteiger partial charge is 0.406 e. The SMILES string of the molecule is CC(N)CC(=O)c1ccc(OC(F)(F)F)cc1. The highest BCUT2D eigenvalue weighted by molar-refractivity contribution is 5.96. The number of nitrogens with two attached hydrogens (primary N) is 1. The number of alkyl halides is 3. The van der Waals surface area contributed by atoms with Crippen molar-refractivity contribution in [2.75, 3.05) is 0 Å². The molecule has 0 bridgehead atoms. The van der Waals surface area contributed by atoms with E-state index in [1.54, 1.807) is 6.92 Å². The summed E-state index contributed by atoms with van der Waals surface area (Å²) >= 11 is 0. The third-order valence-electron chi connectivity index (χ3n) is 1.92. The number of ketones is 1. The summed E-state index contributed by atoms with van der Waals surface area (Å²) in [6.45, 7) is 1.68. The number of carbonyl (C=O) groups excluding carboxylic acids is 1. The van der Waals surface area contributed by atoms with E-state index in [2.05, 4.69) is 4.74 Å². The first-order valence-electron chi connectivity index (χ1n) is 4.92. The largest absolute Gasteiger partial charge is 0.573 e. The van der Waals surface area contributed by atoms with E-state index >= 15 is 0 Å². The molecule has 0 radical (unpaired) electrons. The molecule has 0 amide bonds. The van der Waals surface area contributed by atoms with Crippen LogP contribution < -0.4 is 10.5 Å². The van der Waals surface area contributed by atoms with Gasteiger partial charge in [0, 0.05) is 18.0 Å². The van der Waals surface area contributed by atoms with Crippen LogP contribution in [0.4, 0.5) is 13.2 Å². The topological polar surface area (TPSA) is 52.3 Å². The lowest BCUT2D eigenvalue weighted by Crippen LogP contribution is -2.19. The monoisotopic (exact) mass is 247 g/mol. The van der Waals surface area contributed by atoms with Crippen LogP contribution in [0.5, 0.6) is 5.75 Å². The van der Waals surface area contributed by atoms with Crippen molar-refractivity contribution >= 4 is 5.78 Å². The van der Waals surface area contributed by atoms with Gasteiger partial charge in [-0.3, -0.25) is 4.79 Å². The summed E-state index contributed by atoms with van der Waals surface area (Å²) in [5.74, 6) is -0.562. The second-order valence-corrected chi connectivity index (χ2v) is 3.68. The van der Waals surface area contributed by atoms with E-state index in [1.165, 1.54) is 12.1 Å². The first-order chi connectivity index (χ1) is 7.78. The first kappa shape index (κ1) is 13.5. The summed E-state index contributed by atoms with van der Waals surface area (Å²) in [5, 5.41) is 0. The highest BCUT2D eigenvalue weighted by atomic mass is 19.4. The van der Waals surface area contributed by atoms with Gasteiger partial charge in [0.2, 0.25) is 0 Å². The minimum absolute atomic E-state index is 0.152. The van der Waals surface area contributed by atoms with E-state index < -0.39 is 6.36 Å². The molecule has 2 N–H and O–H groups in total. The summed E-state index contributed by atoms with van der Waals surface area (Å²) in [6, 6.07) is 4.48. The number of carbonyl (C=O) groups is 1. The summed E-state index contributed by atoms with van der Waals surface area (Å²) in [7, 11) is 0. The first-order valence-corrected chi connectivity index (χ1v) is 4.92. The van der Waals surface area contributed by atoms with Gasteiger partial charge in [0.1, 0.15) is 5.75 Å². The van der Waals surface area contributed by atoms with Crippen LogP contribution in [0.3, 0.4) is 0 Å². The molecule has 0 aliphatic heterocycles. The lowest BCUT2D eigenvalue weighted by molar-refractivity contribution is -0.274. The molecular weight excluding hydrogens is 235 g/mol. The second kappa shape index (κ2) is 5.18. The highest BCUT2D eigenvalue weighted by Crippen LogP contribution is 2.23. The van der Waals surface area contributed by atoms with Crippen LogP contribution in [0.25, 0.3) is 0 Å². The standard InChI is InChI=1S/C11H12F3NO2/c1-7(15)6-10(16)8-2-4-9(5-3-8)17-11(12,13)14/h2-5,7H,6,15H2,1H3. The summed E-state index contributed by atoms with van der Waals surface area (Å²) in [4.78, 5) is 11.5. The quantitative estimate of drug-likeness (QED) is 0.832. The van der Waals surface area contributed by atoms with Gasteiger partial charge in [0.05, 0.1) is 0 Å². The van der Waals surface area contributed by atoms with Gasteiger partial charge >= 0.3 is 6.36 Å². The zero-order valence-corrected chi connectivity index (χ0v) is 9.12. The molecule has 0 saturated carbocycles. The van der Waals surface area contributed by atoms with Crippen molar-refractivity contribution in [2.45, 2.75) is 25.7 Å². The Morgan fingerprint density at radius 3 is 2.29 bits per heavy atom. The Kier molecular flexibility index (Phi) is 4.11. The van der Waals surface area contributed by atoms with Crippen LogP contribution in [0.15, 0.2) is 24.3 Å². The van der Waals surface area contributed by atoms with Gasteiger partial charge in [0.15, 0.2) is 5.78 Å². The maximum absolute atomic E-state index is 11.9. The summed E-state index contributed by atoms with van der Waals surface area (Å²) in [5.41, 5.74) is 5.77. The molecule has 17 heavy (non-hydrogen) atoms. The average Bonchev–Trinajstić information content (AvgIpc) is 2.15. The number of hydrogen-bond acceptors (Lipinski definition) is 3. The number of halogens is 3. The van der Waals surface area contributed by atoms with Crippen molar-refractivity contribution in [1.29, 1.82) is 0 Å². The molecule has 0 aliphatic rings. The lowest BCUT2D eigenvalue weighted by Gasteiger charge is -2.09. The Morgan fingerprint density at radius 1 is 1.35 bits per heavy atom. The molecule has 1 aromatic rings. The van der Waals surface area contributed by atoms with Crippen LogP contribution in [-0.4, -0.2) is 18.2 Å². The molecule has 3 nitrogen and oxygen atoms in total. The van der Waals surface area contributed by atoms with Crippen LogP contribution in [0.1, 0.15) is 23.7 Å². The Labute approximate surface area is 96.4 Å². The third kappa shape index (κ3) is 4.86. The van der Waals surface area contributed by atoms with Crippen molar-refractivity contribution < 1.29 is 22.7 Å². The minimum Gasteiger partial charge on any atom is -0.406 e. The molecule has 1 rings (SSSR count). The zero-order chi connectivity index (χ0) is 13.1. The average molecular weight is 247 g/mol. The molecule has 0 aliphatic carbocycles. The molecule has 0 saturated heterocycles. The number of benzene rings is 1. The van der Waals surface area contributed by atoms with E-state index in [1.807, 2.05) is 0 Å². The van der Waals surface area contributed by atoms with Crippen molar-refractivity contribution in [2.24, 2.45) is 5.73 Å². The van der Waals surface area contributed by atoms with Crippen molar-refractivity contribution in [3.8, 4) is 5.75 Å². The van der Waals surface area contributed by atoms with Gasteiger partial charge in [0.25, 0.3) is 0 Å². The second-order valence-electron chi connectivity index (χ2n) is 3.68. The number of ether oxygens (including phenoxy) is 1. The molecule has 0 fully saturated rings. The zero-order valence-electron chi connectivity index (χ0n) is 9.12. The predicted molar refractivity (Wildman–Crippen MR) is 55.7 cm³/mol. The third-order valence-corrected chi connectivity index (χ3v) is 1.92. The van der Waals surface area contributed by atoms with Gasteiger partial charge in [-0.05, 0) is 31.2 Å². The Morgan fingerprint density at radius 2 is 1.88 bits per heavy atom. The van der Waals surface area contributed by atoms with Gasteiger partial charge in [-0.15, -0.1) is 13.2 Å². The number of hydrogen-bond donors (Lipinski definition) is 1. The van der Waals surface area contributed by atoms with Crippen molar-refractivity contribution in [3.63, 3.8) is 0 Å². The van der Waals surface area contributed by atoms with Gasteiger partial charge in [-0.1, -0.05) is 0 Å². The Bertz CT molecular complexity index is 385. The fourth-order valence-corrected chi connectivity index (χ4v) is 1.25. The summed E-state index contributed by atoms with van der Waals surface area (Å²) in [6.07, 6.45) is -4.57. The van der Waals surface area contributed by atoms with Gasteiger partial charge < -0.3 is 10.5 Å². The van der Waals surface area contributed by atoms with Crippen LogP contribution in [-0.2, 0) is 0 Å². The van der Waals surface area contributed by atoms with E-state index in [0.717, 1.165) is 12.1 Å². The fourth-order valence-electron chi connectivity index (χ4n) is 1.25. The summed E-state index contributed by atoms with van der Waals surface area (Å²) < 4.78 is 39.3. The minimum atomic E-state index is -4.72. The van der Waals surface area contributed by atoms with Crippen LogP contribution in [0, 0.1) is 0 Å². The molecule has 1 atom stereocenters. The molecule has 0 spiro atoms. The van der Waals surface area contributed by atoms with E-state index in [-0.39, 0.29) is 24.0 Å². The molecule has 0 heterocycles. The Hall–Kier alpha value is -1.56. The predicted octanol–water partition coefficient (Wildman–Crippen LogP) is 2.51. The molecule has 6 heteroatoms. The molecule has 1 aromatic carbocycles. The van der Waals surface area contributed by atoms with Crippen molar-refractivity contribution in [1.82, 2.24) is 0 Å². The fraction of sp³-hybridized carbons (Fsp3) is 0.364. The van der Waals surface area contributed by atoms with Crippen LogP contribution >= 0.6 is 0 Å². The lowest BCUT2D eigenvalue weighted by atomic mass is 10.1. The van der Waals surface area contributed by atoms with Gasteiger partial charge in [-0.25, -0.2) is 0 Å². The molecular formula is C11H12F3NO2. The normalized spacial score (nSPS) is 13.2. The molecule has 1 unspecified atom stereocenters. The van der Waals surface area contributed by atoms with Crippen molar-refractivity contribution in [3.05, 3.63) is 29.8 Å². The van der Waals surface area contributed by atoms with Crippen LogP contribution in [0.2, 0.25) is 0 Å². The number of Topliss-reactive ketones (excluding diaryl/α,β-unsaturated/α-hetero) is 1. The van der Waals surface area contributed by atoms with E-state index in [0.29, 0.717) is 5.56 Å². The molecule has 0 aromatic heterocycles. The highest BCUT2D eigenvalue weighted by Gasteiger charge is 2.31. The van der Waals surface area contributed by atoms with E-state index in [9.17, 15) is 18.0 Å². The van der Waals surface area contributed by atoms with E-state index in [4.69, 9.17) is 5.73 Å².